The summed E-state index contributed by atoms with van der Waals surface area (Å²) in [7, 11) is 0. The van der Waals surface area contributed by atoms with Gasteiger partial charge in [0.25, 0.3) is 0 Å². The lowest BCUT2D eigenvalue weighted by Gasteiger charge is -2.25. The van der Waals surface area contributed by atoms with Crippen molar-refractivity contribution in [3.8, 4) is 0 Å². The summed E-state index contributed by atoms with van der Waals surface area (Å²) in [5, 5.41) is 3.57. The molecule has 0 aromatic rings. The predicted molar refractivity (Wildman–Crippen MR) is 69.7 cm³/mol. The third-order valence-electron chi connectivity index (χ3n) is 4.38. The van der Waals surface area contributed by atoms with E-state index in [0.717, 1.165) is 12.0 Å². The molecule has 1 saturated heterocycles. The van der Waals surface area contributed by atoms with Gasteiger partial charge in [0, 0.05) is 19.1 Å². The van der Waals surface area contributed by atoms with Crippen molar-refractivity contribution < 1.29 is 0 Å². The number of hydrogen-bond acceptors (Lipinski definition) is 2. The van der Waals surface area contributed by atoms with Gasteiger partial charge in [-0.3, -0.25) is 0 Å². The highest BCUT2D eigenvalue weighted by Crippen LogP contribution is 2.26. The van der Waals surface area contributed by atoms with Gasteiger partial charge in [-0.15, -0.1) is 0 Å². The van der Waals surface area contributed by atoms with Crippen LogP contribution in [0.15, 0.2) is 0 Å². The number of rotatable bonds is 3. The van der Waals surface area contributed by atoms with Crippen LogP contribution in [-0.2, 0) is 0 Å². The summed E-state index contributed by atoms with van der Waals surface area (Å²) in [6, 6.07) is 0.722. The van der Waals surface area contributed by atoms with E-state index in [1.807, 2.05) is 0 Å². The smallest absolute Gasteiger partial charge is 0.0107 e. The van der Waals surface area contributed by atoms with Crippen molar-refractivity contribution >= 4 is 0 Å². The van der Waals surface area contributed by atoms with Crippen molar-refractivity contribution in [2.45, 2.75) is 57.9 Å². The van der Waals surface area contributed by atoms with Crippen molar-refractivity contribution in [1.29, 1.82) is 0 Å². The number of nitrogens with one attached hydrogen (secondary N) is 1. The Labute approximate surface area is 101 Å². The minimum Gasteiger partial charge on any atom is -0.313 e. The molecule has 1 N–H and O–H groups in total. The third-order valence-corrected chi connectivity index (χ3v) is 4.38. The van der Waals surface area contributed by atoms with Gasteiger partial charge in [-0.1, -0.05) is 32.1 Å². The minimum absolute atomic E-state index is 0.722. The molecule has 94 valence electrons. The van der Waals surface area contributed by atoms with E-state index in [2.05, 4.69) is 17.1 Å². The zero-order chi connectivity index (χ0) is 11.2. The highest BCUT2D eigenvalue weighted by molar-refractivity contribution is 4.73. The molecule has 2 fully saturated rings. The van der Waals surface area contributed by atoms with Crippen LogP contribution in [0, 0.1) is 5.92 Å². The average Bonchev–Trinajstić information content (AvgIpc) is 2.53. The Bertz CT molecular complexity index is 187. The van der Waals surface area contributed by atoms with Crippen LogP contribution in [0.1, 0.15) is 51.9 Å². The summed E-state index contributed by atoms with van der Waals surface area (Å²) in [4.78, 5) is 2.67. The Hall–Kier alpha value is -0.0800. The quantitative estimate of drug-likeness (QED) is 0.793. The van der Waals surface area contributed by atoms with Crippen molar-refractivity contribution in [2.24, 2.45) is 5.92 Å². The highest BCUT2D eigenvalue weighted by Gasteiger charge is 2.16. The van der Waals surface area contributed by atoms with Crippen molar-refractivity contribution in [3.05, 3.63) is 0 Å². The second kappa shape index (κ2) is 6.61. The summed E-state index contributed by atoms with van der Waals surface area (Å²) in [5.41, 5.74) is 0. The Kier molecular flexibility index (Phi) is 5.11. The number of hydrogen-bond donors (Lipinski definition) is 1. The molecule has 1 aliphatic heterocycles. The molecule has 1 atom stereocenters. The van der Waals surface area contributed by atoms with E-state index in [-0.39, 0.29) is 0 Å². The standard InChI is InChI=1S/C14H28N2/c1-13-7-10-16(12-9-15-13)11-8-14-5-3-2-4-6-14/h13-15H,2-12H2,1H3. The Morgan fingerprint density at radius 2 is 1.88 bits per heavy atom. The molecule has 0 amide bonds. The summed E-state index contributed by atoms with van der Waals surface area (Å²) in [5.74, 6) is 1.04. The largest absolute Gasteiger partial charge is 0.313 e. The molecule has 1 heterocycles. The monoisotopic (exact) mass is 224 g/mol. The second-order valence-electron chi connectivity index (χ2n) is 5.78. The first kappa shape index (κ1) is 12.4. The minimum atomic E-state index is 0.722. The lowest BCUT2D eigenvalue weighted by molar-refractivity contribution is 0.241. The van der Waals surface area contributed by atoms with Gasteiger partial charge in [0.05, 0.1) is 0 Å². The summed E-state index contributed by atoms with van der Waals surface area (Å²) in [6.45, 7) is 7.41. The van der Waals surface area contributed by atoms with Crippen molar-refractivity contribution in [1.82, 2.24) is 10.2 Å². The molecular weight excluding hydrogens is 196 g/mol. The molecule has 2 rings (SSSR count). The fraction of sp³-hybridized carbons (Fsp3) is 1.00. The summed E-state index contributed by atoms with van der Waals surface area (Å²) in [6.07, 6.45) is 10.2. The van der Waals surface area contributed by atoms with Gasteiger partial charge in [-0.05, 0) is 38.8 Å². The molecule has 0 bridgehead atoms. The normalized spacial score (nSPS) is 30.2. The topological polar surface area (TPSA) is 15.3 Å². The van der Waals surface area contributed by atoms with Crippen molar-refractivity contribution in [3.63, 3.8) is 0 Å². The first-order valence-electron chi connectivity index (χ1n) is 7.30. The van der Waals surface area contributed by atoms with Crippen LogP contribution >= 0.6 is 0 Å². The van der Waals surface area contributed by atoms with Gasteiger partial charge in [0.1, 0.15) is 0 Å². The second-order valence-corrected chi connectivity index (χ2v) is 5.78. The molecular formula is C14H28N2. The van der Waals surface area contributed by atoms with Crippen LogP contribution in [-0.4, -0.2) is 37.1 Å². The SMILES string of the molecule is CC1CCN(CCC2CCCCC2)CCN1. The predicted octanol–water partition coefficient (Wildman–Crippen LogP) is 2.64. The highest BCUT2D eigenvalue weighted by atomic mass is 15.2. The van der Waals surface area contributed by atoms with E-state index in [0.29, 0.717) is 0 Å². The fourth-order valence-electron chi connectivity index (χ4n) is 3.12. The van der Waals surface area contributed by atoms with Gasteiger partial charge in [-0.25, -0.2) is 0 Å². The maximum absolute atomic E-state index is 3.57. The molecule has 16 heavy (non-hydrogen) atoms. The molecule has 0 radical (unpaired) electrons. The lowest BCUT2D eigenvalue weighted by atomic mass is 9.87. The van der Waals surface area contributed by atoms with Crippen LogP contribution in [0.5, 0.6) is 0 Å². The van der Waals surface area contributed by atoms with E-state index in [9.17, 15) is 0 Å². The van der Waals surface area contributed by atoms with Crippen LogP contribution in [0.4, 0.5) is 0 Å². The molecule has 1 saturated carbocycles. The summed E-state index contributed by atoms with van der Waals surface area (Å²) < 4.78 is 0. The fourth-order valence-corrected chi connectivity index (χ4v) is 3.12. The van der Waals surface area contributed by atoms with E-state index in [1.165, 1.54) is 71.1 Å². The van der Waals surface area contributed by atoms with Gasteiger partial charge < -0.3 is 10.2 Å². The molecule has 0 aromatic carbocycles. The van der Waals surface area contributed by atoms with Gasteiger partial charge in [-0.2, -0.15) is 0 Å². The molecule has 1 unspecified atom stereocenters. The maximum Gasteiger partial charge on any atom is 0.0107 e. The van der Waals surface area contributed by atoms with E-state index in [4.69, 9.17) is 0 Å². The van der Waals surface area contributed by atoms with Gasteiger partial charge >= 0.3 is 0 Å². The van der Waals surface area contributed by atoms with Crippen LogP contribution in [0.2, 0.25) is 0 Å². The van der Waals surface area contributed by atoms with Crippen molar-refractivity contribution in [2.75, 3.05) is 26.2 Å². The van der Waals surface area contributed by atoms with E-state index in [1.54, 1.807) is 0 Å². The first-order chi connectivity index (χ1) is 7.84. The van der Waals surface area contributed by atoms with Gasteiger partial charge in [0.2, 0.25) is 0 Å². The molecule has 2 heteroatoms. The molecule has 0 aromatic heterocycles. The lowest BCUT2D eigenvalue weighted by Crippen LogP contribution is -2.30. The molecule has 2 nitrogen and oxygen atoms in total. The Balaban J connectivity index is 1.64. The first-order valence-corrected chi connectivity index (χ1v) is 7.30. The van der Waals surface area contributed by atoms with Crippen LogP contribution in [0.25, 0.3) is 0 Å². The average molecular weight is 224 g/mol. The third kappa shape index (κ3) is 4.06. The Morgan fingerprint density at radius 3 is 2.69 bits per heavy atom. The van der Waals surface area contributed by atoms with Crippen LogP contribution < -0.4 is 5.32 Å². The van der Waals surface area contributed by atoms with Crippen LogP contribution in [0.3, 0.4) is 0 Å². The maximum atomic E-state index is 3.57. The summed E-state index contributed by atoms with van der Waals surface area (Å²) >= 11 is 0. The van der Waals surface area contributed by atoms with Gasteiger partial charge in [0.15, 0.2) is 0 Å². The molecule has 1 aliphatic carbocycles. The molecule has 2 aliphatic rings. The van der Waals surface area contributed by atoms with E-state index < -0.39 is 0 Å². The molecule has 0 spiro atoms. The van der Waals surface area contributed by atoms with E-state index >= 15 is 0 Å². The zero-order valence-corrected chi connectivity index (χ0v) is 10.9. The zero-order valence-electron chi connectivity index (χ0n) is 10.9. The Morgan fingerprint density at radius 1 is 1.06 bits per heavy atom. The number of nitrogens with zero attached hydrogens (tertiary/aromatic N) is 1.